The molecule has 0 aliphatic carbocycles. The number of nitrogens with zero attached hydrogens (tertiary/aromatic N) is 7. The Morgan fingerprint density at radius 2 is 1.77 bits per heavy atom. The van der Waals surface area contributed by atoms with Crippen molar-refractivity contribution in [2.24, 2.45) is 5.92 Å². The summed E-state index contributed by atoms with van der Waals surface area (Å²) in [6, 6.07) is 11.0. The van der Waals surface area contributed by atoms with Crippen LogP contribution >= 0.6 is 0 Å². The number of piperidine rings is 1. The molecule has 1 aromatic heterocycles. The lowest BCUT2D eigenvalue weighted by molar-refractivity contribution is 0.0811. The summed E-state index contributed by atoms with van der Waals surface area (Å²) >= 11 is 0. The smallest absolute Gasteiger partial charge is 0.147 e. The summed E-state index contributed by atoms with van der Waals surface area (Å²) in [7, 11) is 0. The molecule has 2 aromatic rings. The number of aliphatic hydroxyl groups excluding tert-OH is 1. The Morgan fingerprint density at radius 1 is 1.00 bits per heavy atom. The van der Waals surface area contributed by atoms with Gasteiger partial charge in [-0.05, 0) is 30.4 Å². The quantitative estimate of drug-likeness (QED) is 0.656. The lowest BCUT2D eigenvalue weighted by atomic mass is 9.99. The molecule has 3 aliphatic rings. The fraction of sp³-hybridized carbons (Fsp3) is 0.519. The molecule has 1 aromatic carbocycles. The van der Waals surface area contributed by atoms with E-state index in [1.807, 2.05) is 12.4 Å². The first-order valence-electron chi connectivity index (χ1n) is 12.7. The molecule has 0 saturated carbocycles. The average Bonchev–Trinajstić information content (AvgIpc) is 3.23. The number of β-amino-alcohol motifs (C(OH)–C–C–N with tert-alkyl or cyclic N) is 1. The van der Waals surface area contributed by atoms with E-state index in [1.54, 1.807) is 0 Å². The predicted octanol–water partition coefficient (Wildman–Crippen LogP) is 2.22. The fourth-order valence-electron chi connectivity index (χ4n) is 5.41. The Kier molecular flexibility index (Phi) is 7.16. The van der Waals surface area contributed by atoms with Crippen molar-refractivity contribution in [2.45, 2.75) is 38.5 Å². The van der Waals surface area contributed by atoms with Crippen molar-refractivity contribution in [3.8, 4) is 6.07 Å². The minimum Gasteiger partial charge on any atom is -0.390 e. The van der Waals surface area contributed by atoms with Crippen LogP contribution in [0.25, 0.3) is 0 Å². The van der Waals surface area contributed by atoms with Gasteiger partial charge in [0.05, 0.1) is 42.6 Å². The van der Waals surface area contributed by atoms with Crippen LogP contribution in [0.15, 0.2) is 49.1 Å². The molecular formula is C27H35N7O. The van der Waals surface area contributed by atoms with Crippen LogP contribution in [0.3, 0.4) is 0 Å². The molecule has 2 fully saturated rings. The monoisotopic (exact) mass is 473 g/mol. The Bertz CT molecular complexity index is 1060. The van der Waals surface area contributed by atoms with Crippen molar-refractivity contribution in [1.29, 1.82) is 5.26 Å². The van der Waals surface area contributed by atoms with Gasteiger partial charge < -0.3 is 19.8 Å². The second kappa shape index (κ2) is 10.6. The van der Waals surface area contributed by atoms with Gasteiger partial charge in [0.15, 0.2) is 0 Å². The van der Waals surface area contributed by atoms with Gasteiger partial charge in [-0.3, -0.25) is 9.88 Å². The maximum Gasteiger partial charge on any atom is 0.147 e. The highest BCUT2D eigenvalue weighted by molar-refractivity contribution is 5.36. The van der Waals surface area contributed by atoms with Gasteiger partial charge in [-0.2, -0.15) is 5.26 Å². The standard InChI is InChI=1S/C27H35N7O/c1-21-33(18-25-15-30-27(16-29-25)32-10-6-22(14-28)7-11-32)12-13-34(21)20-26(35)19-31-9-8-23-4-2-3-5-24(23)17-31/h2-5,15-16,22,26,35H,1,6-13,17-20H2/t26-/m1/s1. The van der Waals surface area contributed by atoms with E-state index < -0.39 is 6.10 Å². The molecule has 5 rings (SSSR count). The zero-order chi connectivity index (χ0) is 24.2. The maximum absolute atomic E-state index is 10.8. The van der Waals surface area contributed by atoms with Crippen molar-refractivity contribution in [3.05, 3.63) is 65.9 Å². The molecule has 8 heteroatoms. The summed E-state index contributed by atoms with van der Waals surface area (Å²) in [5.41, 5.74) is 3.72. The molecule has 1 N–H and O–H groups in total. The highest BCUT2D eigenvalue weighted by Gasteiger charge is 2.27. The predicted molar refractivity (Wildman–Crippen MR) is 135 cm³/mol. The summed E-state index contributed by atoms with van der Waals surface area (Å²) in [5.74, 6) is 1.99. The van der Waals surface area contributed by atoms with Crippen LogP contribution in [0, 0.1) is 17.2 Å². The van der Waals surface area contributed by atoms with E-state index in [1.165, 1.54) is 11.1 Å². The van der Waals surface area contributed by atoms with Crippen LogP contribution in [-0.2, 0) is 19.5 Å². The number of hydrogen-bond acceptors (Lipinski definition) is 8. The van der Waals surface area contributed by atoms with E-state index in [-0.39, 0.29) is 5.92 Å². The molecule has 184 valence electrons. The second-order valence-corrected chi connectivity index (χ2v) is 9.95. The van der Waals surface area contributed by atoms with Crippen molar-refractivity contribution in [3.63, 3.8) is 0 Å². The largest absolute Gasteiger partial charge is 0.390 e. The van der Waals surface area contributed by atoms with Gasteiger partial charge >= 0.3 is 0 Å². The summed E-state index contributed by atoms with van der Waals surface area (Å²) in [6.45, 7) is 11.6. The molecule has 0 amide bonds. The molecule has 3 aliphatic heterocycles. The van der Waals surface area contributed by atoms with Crippen LogP contribution in [0.1, 0.15) is 29.7 Å². The van der Waals surface area contributed by atoms with Crippen LogP contribution < -0.4 is 4.90 Å². The van der Waals surface area contributed by atoms with Crippen molar-refractivity contribution in [2.75, 3.05) is 50.7 Å². The van der Waals surface area contributed by atoms with Gasteiger partial charge in [-0.15, -0.1) is 0 Å². The lowest BCUT2D eigenvalue weighted by Gasteiger charge is -2.32. The van der Waals surface area contributed by atoms with Crippen LogP contribution in [0.2, 0.25) is 0 Å². The molecule has 4 heterocycles. The normalized spacial score (nSPS) is 20.1. The van der Waals surface area contributed by atoms with E-state index >= 15 is 0 Å². The third-order valence-electron chi connectivity index (χ3n) is 7.53. The first kappa shape index (κ1) is 23.6. The third kappa shape index (κ3) is 5.58. The number of fused-ring (bicyclic) bond motifs is 1. The van der Waals surface area contributed by atoms with Gasteiger partial charge in [0.1, 0.15) is 5.82 Å². The minimum atomic E-state index is -0.416. The summed E-state index contributed by atoms with van der Waals surface area (Å²) in [5, 5.41) is 19.9. The summed E-state index contributed by atoms with van der Waals surface area (Å²) in [6.07, 6.45) is 6.11. The van der Waals surface area contributed by atoms with Gasteiger partial charge in [-0.1, -0.05) is 30.8 Å². The van der Waals surface area contributed by atoms with Gasteiger partial charge in [0.2, 0.25) is 0 Å². The van der Waals surface area contributed by atoms with Crippen LogP contribution in [0.4, 0.5) is 5.82 Å². The van der Waals surface area contributed by atoms with Crippen molar-refractivity contribution >= 4 is 5.82 Å². The number of anilines is 1. The lowest BCUT2D eigenvalue weighted by Crippen LogP contribution is -2.41. The third-order valence-corrected chi connectivity index (χ3v) is 7.53. The summed E-state index contributed by atoms with van der Waals surface area (Å²) < 4.78 is 0. The minimum absolute atomic E-state index is 0.165. The topological polar surface area (TPSA) is 82.8 Å². The Hall–Kier alpha value is -3.15. The molecule has 1 atom stereocenters. The van der Waals surface area contributed by atoms with Crippen molar-refractivity contribution in [1.82, 2.24) is 24.7 Å². The number of hydrogen-bond donors (Lipinski definition) is 1. The molecule has 0 bridgehead atoms. The van der Waals surface area contributed by atoms with E-state index in [2.05, 4.69) is 66.5 Å². The summed E-state index contributed by atoms with van der Waals surface area (Å²) in [4.78, 5) is 18.2. The van der Waals surface area contributed by atoms with Crippen molar-refractivity contribution < 1.29 is 5.11 Å². The molecule has 8 nitrogen and oxygen atoms in total. The number of aliphatic hydroxyl groups is 1. The zero-order valence-electron chi connectivity index (χ0n) is 20.4. The Labute approximate surface area is 208 Å². The first-order valence-corrected chi connectivity index (χ1v) is 12.7. The molecule has 0 spiro atoms. The molecule has 2 saturated heterocycles. The molecule has 0 unspecified atom stereocenters. The van der Waals surface area contributed by atoms with Gasteiger partial charge in [-0.25, -0.2) is 4.98 Å². The van der Waals surface area contributed by atoms with Gasteiger partial charge in [0.25, 0.3) is 0 Å². The Balaban J connectivity index is 1.09. The number of benzene rings is 1. The Morgan fingerprint density at radius 3 is 2.51 bits per heavy atom. The number of aromatic nitrogens is 2. The fourth-order valence-corrected chi connectivity index (χ4v) is 5.41. The molecule has 0 radical (unpaired) electrons. The van der Waals surface area contributed by atoms with Crippen LogP contribution in [-0.4, -0.2) is 81.7 Å². The highest BCUT2D eigenvalue weighted by Crippen LogP contribution is 2.23. The maximum atomic E-state index is 10.8. The van der Waals surface area contributed by atoms with Crippen LogP contribution in [0.5, 0.6) is 0 Å². The van der Waals surface area contributed by atoms with E-state index in [0.717, 1.165) is 75.9 Å². The average molecular weight is 474 g/mol. The van der Waals surface area contributed by atoms with E-state index in [0.29, 0.717) is 19.6 Å². The molecule has 35 heavy (non-hydrogen) atoms. The van der Waals surface area contributed by atoms with E-state index in [4.69, 9.17) is 5.26 Å². The zero-order valence-corrected chi connectivity index (χ0v) is 20.4. The second-order valence-electron chi connectivity index (χ2n) is 9.95. The first-order chi connectivity index (χ1) is 17.1. The molecular weight excluding hydrogens is 438 g/mol. The van der Waals surface area contributed by atoms with Gasteiger partial charge in [0, 0.05) is 58.3 Å². The van der Waals surface area contributed by atoms with E-state index in [9.17, 15) is 5.11 Å². The number of rotatable bonds is 7. The SMILES string of the molecule is C=C1N(Cc2cnc(N3CCC(C#N)CC3)cn2)CCN1C[C@H](O)CN1CCc2ccccc2C1. The highest BCUT2D eigenvalue weighted by atomic mass is 16.3. The number of nitriles is 1.